The predicted molar refractivity (Wildman–Crippen MR) is 76.6 cm³/mol. The van der Waals surface area contributed by atoms with Crippen LogP contribution >= 0.6 is 22.6 Å². The molecule has 2 aromatic rings. The summed E-state index contributed by atoms with van der Waals surface area (Å²) in [6.07, 6.45) is 0. The number of hydrogen-bond acceptors (Lipinski definition) is 7. The lowest BCUT2D eigenvalue weighted by atomic mass is 10.3. The number of halogens is 1. The molecule has 7 nitrogen and oxygen atoms in total. The summed E-state index contributed by atoms with van der Waals surface area (Å²) in [5, 5.41) is 3.05. The Morgan fingerprint density at radius 1 is 1.22 bits per heavy atom. The first kappa shape index (κ1) is 12.8. The van der Waals surface area contributed by atoms with Gasteiger partial charge < -0.3 is 10.1 Å². The van der Waals surface area contributed by atoms with Gasteiger partial charge in [0.2, 0.25) is 11.9 Å². The van der Waals surface area contributed by atoms with E-state index in [4.69, 9.17) is 10.6 Å². The highest BCUT2D eigenvalue weighted by atomic mass is 127. The van der Waals surface area contributed by atoms with E-state index in [1.807, 2.05) is 24.3 Å². The highest BCUT2D eigenvalue weighted by Gasteiger charge is 2.06. The molecule has 18 heavy (non-hydrogen) atoms. The Hall–Kier alpha value is -1.68. The maximum atomic E-state index is 5.27. The zero-order chi connectivity index (χ0) is 13.0. The molecule has 0 atom stereocenters. The van der Waals surface area contributed by atoms with Crippen LogP contribution in [0.5, 0.6) is 6.01 Å². The van der Waals surface area contributed by atoms with Crippen molar-refractivity contribution in [3.63, 3.8) is 0 Å². The number of nitrogens with two attached hydrogens (primary N) is 1. The minimum atomic E-state index is 0.186. The van der Waals surface area contributed by atoms with Gasteiger partial charge in [-0.3, -0.25) is 5.43 Å². The zero-order valence-electron chi connectivity index (χ0n) is 9.51. The smallest absolute Gasteiger partial charge is 0.322 e. The standard InChI is InChI=1S/C10H11IN6O/c1-18-10-15-8(14-9(16-10)17-12)13-7-4-2-3-6(11)5-7/h2-5H,12H2,1H3,(H2,13,14,15,16,17). The third-order valence-electron chi connectivity index (χ3n) is 2.01. The van der Waals surface area contributed by atoms with E-state index in [1.165, 1.54) is 7.11 Å². The van der Waals surface area contributed by atoms with Crippen LogP contribution in [0.2, 0.25) is 0 Å². The van der Waals surface area contributed by atoms with Crippen molar-refractivity contribution < 1.29 is 4.74 Å². The summed E-state index contributed by atoms with van der Waals surface area (Å²) in [6.45, 7) is 0. The molecule has 0 aliphatic carbocycles. The summed E-state index contributed by atoms with van der Waals surface area (Å²) in [6, 6.07) is 7.99. The summed E-state index contributed by atoms with van der Waals surface area (Å²) in [7, 11) is 1.48. The van der Waals surface area contributed by atoms with Crippen LogP contribution in [0.25, 0.3) is 0 Å². The SMILES string of the molecule is COc1nc(NN)nc(Nc2cccc(I)c2)n1. The number of hydrogen-bond donors (Lipinski definition) is 3. The van der Waals surface area contributed by atoms with Gasteiger partial charge in [0.15, 0.2) is 0 Å². The lowest BCUT2D eigenvalue weighted by Crippen LogP contribution is -2.13. The second kappa shape index (κ2) is 5.78. The normalized spacial score (nSPS) is 9.94. The minimum Gasteiger partial charge on any atom is -0.467 e. The van der Waals surface area contributed by atoms with Gasteiger partial charge in [0.25, 0.3) is 0 Å². The molecule has 0 bridgehead atoms. The number of nitrogens with one attached hydrogen (secondary N) is 2. The average molecular weight is 358 g/mol. The monoisotopic (exact) mass is 358 g/mol. The van der Waals surface area contributed by atoms with Crippen molar-refractivity contribution in [2.45, 2.75) is 0 Å². The summed E-state index contributed by atoms with van der Waals surface area (Å²) in [5.74, 6) is 5.86. The van der Waals surface area contributed by atoms with E-state index in [9.17, 15) is 0 Å². The summed E-state index contributed by atoms with van der Waals surface area (Å²) < 4.78 is 6.07. The van der Waals surface area contributed by atoms with E-state index in [2.05, 4.69) is 48.3 Å². The third-order valence-corrected chi connectivity index (χ3v) is 2.68. The van der Waals surface area contributed by atoms with Crippen LogP contribution in [0, 0.1) is 3.57 Å². The van der Waals surface area contributed by atoms with Gasteiger partial charge in [-0.25, -0.2) is 5.84 Å². The van der Waals surface area contributed by atoms with Crippen LogP contribution in [0.4, 0.5) is 17.6 Å². The van der Waals surface area contributed by atoms with Gasteiger partial charge in [-0.1, -0.05) is 6.07 Å². The highest BCUT2D eigenvalue weighted by molar-refractivity contribution is 14.1. The van der Waals surface area contributed by atoms with Gasteiger partial charge in [0.1, 0.15) is 0 Å². The quantitative estimate of drug-likeness (QED) is 0.433. The fraction of sp³-hybridized carbons (Fsp3) is 0.100. The first-order chi connectivity index (χ1) is 8.71. The molecule has 4 N–H and O–H groups in total. The molecular formula is C10H11IN6O. The van der Waals surface area contributed by atoms with Gasteiger partial charge in [-0.15, -0.1) is 0 Å². The maximum Gasteiger partial charge on any atom is 0.322 e. The number of ether oxygens (including phenoxy) is 1. The predicted octanol–water partition coefficient (Wildman–Crippen LogP) is 1.51. The maximum absolute atomic E-state index is 5.27. The molecule has 0 aliphatic rings. The van der Waals surface area contributed by atoms with Crippen LogP contribution in [0.15, 0.2) is 24.3 Å². The van der Waals surface area contributed by atoms with Crippen LogP contribution < -0.4 is 21.3 Å². The van der Waals surface area contributed by atoms with Gasteiger partial charge in [0, 0.05) is 9.26 Å². The molecule has 0 spiro atoms. The molecule has 0 amide bonds. The number of nitrogen functional groups attached to an aromatic ring is 1. The minimum absolute atomic E-state index is 0.186. The molecule has 1 aromatic heterocycles. The number of benzene rings is 1. The molecule has 0 fully saturated rings. The number of rotatable bonds is 4. The summed E-state index contributed by atoms with van der Waals surface area (Å²) in [4.78, 5) is 12.1. The highest BCUT2D eigenvalue weighted by Crippen LogP contribution is 2.18. The van der Waals surface area contributed by atoms with Crippen LogP contribution in [-0.4, -0.2) is 22.1 Å². The molecule has 0 aliphatic heterocycles. The Morgan fingerprint density at radius 3 is 2.67 bits per heavy atom. The molecule has 1 aromatic carbocycles. The van der Waals surface area contributed by atoms with Crippen LogP contribution in [0.1, 0.15) is 0 Å². The second-order valence-corrected chi connectivity index (χ2v) is 4.49. The molecule has 8 heteroatoms. The van der Waals surface area contributed by atoms with Crippen LogP contribution in [0.3, 0.4) is 0 Å². The van der Waals surface area contributed by atoms with Crippen molar-refractivity contribution in [2.24, 2.45) is 5.84 Å². The number of methoxy groups -OCH3 is 1. The van der Waals surface area contributed by atoms with E-state index in [0.29, 0.717) is 5.95 Å². The first-order valence-electron chi connectivity index (χ1n) is 5.00. The van der Waals surface area contributed by atoms with E-state index in [0.717, 1.165) is 9.26 Å². The molecule has 0 saturated heterocycles. The average Bonchev–Trinajstić information content (AvgIpc) is 2.38. The Balaban J connectivity index is 2.28. The Morgan fingerprint density at radius 2 is 2.00 bits per heavy atom. The summed E-state index contributed by atoms with van der Waals surface area (Å²) >= 11 is 2.23. The van der Waals surface area contributed by atoms with E-state index >= 15 is 0 Å². The van der Waals surface area contributed by atoms with E-state index in [-0.39, 0.29) is 12.0 Å². The molecule has 0 unspecified atom stereocenters. The lowest BCUT2D eigenvalue weighted by molar-refractivity contribution is 0.379. The second-order valence-electron chi connectivity index (χ2n) is 3.25. The van der Waals surface area contributed by atoms with Gasteiger partial charge in [-0.05, 0) is 40.8 Å². The van der Waals surface area contributed by atoms with Crippen molar-refractivity contribution in [1.82, 2.24) is 15.0 Å². The van der Waals surface area contributed by atoms with Crippen molar-refractivity contribution in [2.75, 3.05) is 17.9 Å². The van der Waals surface area contributed by atoms with Crippen molar-refractivity contribution in [3.05, 3.63) is 27.8 Å². The fourth-order valence-corrected chi connectivity index (χ4v) is 1.81. The molecule has 94 valence electrons. The first-order valence-corrected chi connectivity index (χ1v) is 6.08. The number of aromatic nitrogens is 3. The number of anilines is 3. The number of nitrogens with zero attached hydrogens (tertiary/aromatic N) is 3. The molecular weight excluding hydrogens is 347 g/mol. The molecule has 1 heterocycles. The fourth-order valence-electron chi connectivity index (χ4n) is 1.26. The van der Waals surface area contributed by atoms with Gasteiger partial charge >= 0.3 is 6.01 Å². The molecule has 2 rings (SSSR count). The van der Waals surface area contributed by atoms with Crippen molar-refractivity contribution in [3.8, 4) is 6.01 Å². The molecule has 0 radical (unpaired) electrons. The van der Waals surface area contributed by atoms with Crippen molar-refractivity contribution in [1.29, 1.82) is 0 Å². The van der Waals surface area contributed by atoms with Gasteiger partial charge in [-0.2, -0.15) is 15.0 Å². The molecule has 0 saturated carbocycles. The van der Waals surface area contributed by atoms with Gasteiger partial charge in [0.05, 0.1) is 7.11 Å². The third kappa shape index (κ3) is 3.17. The topological polar surface area (TPSA) is 98.0 Å². The zero-order valence-corrected chi connectivity index (χ0v) is 11.7. The largest absolute Gasteiger partial charge is 0.467 e. The lowest BCUT2D eigenvalue weighted by Gasteiger charge is -2.07. The van der Waals surface area contributed by atoms with E-state index in [1.54, 1.807) is 0 Å². The van der Waals surface area contributed by atoms with Crippen LogP contribution in [-0.2, 0) is 0 Å². The number of hydrazine groups is 1. The van der Waals surface area contributed by atoms with E-state index < -0.39 is 0 Å². The summed E-state index contributed by atoms with van der Waals surface area (Å²) in [5.41, 5.74) is 3.23. The Bertz CT molecular complexity index is 527. The van der Waals surface area contributed by atoms with Crippen molar-refractivity contribution >= 4 is 40.2 Å². The Kier molecular flexibility index (Phi) is 4.10. The Labute approximate surface area is 117 Å².